The van der Waals surface area contributed by atoms with Gasteiger partial charge in [-0.3, -0.25) is 0 Å². The van der Waals surface area contributed by atoms with Crippen LogP contribution in [-0.2, 0) is 12.6 Å². The van der Waals surface area contributed by atoms with Crippen LogP contribution in [0.15, 0.2) is 66.9 Å². The van der Waals surface area contributed by atoms with Crippen molar-refractivity contribution in [2.45, 2.75) is 25.1 Å². The predicted molar refractivity (Wildman–Crippen MR) is 111 cm³/mol. The van der Waals surface area contributed by atoms with Crippen molar-refractivity contribution in [2.24, 2.45) is 0 Å². The number of pyridine rings is 1. The van der Waals surface area contributed by atoms with Gasteiger partial charge in [0, 0.05) is 25.2 Å². The number of nitriles is 1. The van der Waals surface area contributed by atoms with E-state index in [2.05, 4.69) is 28.1 Å². The number of anilines is 1. The molecule has 4 rings (SSSR count). The number of hydrogen-bond donors (Lipinski definition) is 0. The molecule has 0 spiro atoms. The highest BCUT2D eigenvalue weighted by atomic mass is 19.4. The molecular weight excluding hydrogens is 403 g/mol. The molecule has 0 N–H and O–H groups in total. The van der Waals surface area contributed by atoms with Gasteiger partial charge in [-0.15, -0.1) is 0 Å². The van der Waals surface area contributed by atoms with Gasteiger partial charge in [-0.05, 0) is 35.7 Å². The maximum atomic E-state index is 12.7. The average Bonchev–Trinajstić information content (AvgIpc) is 3.22. The molecule has 1 fully saturated rings. The first-order chi connectivity index (χ1) is 14.9. The fraction of sp³-hybridized carbons (Fsp3) is 0.250. The number of halogens is 3. The molecule has 2 heterocycles. The van der Waals surface area contributed by atoms with E-state index in [9.17, 15) is 18.4 Å². The minimum atomic E-state index is -4.42. The molecule has 1 aliphatic heterocycles. The van der Waals surface area contributed by atoms with Crippen LogP contribution in [0.1, 0.15) is 28.7 Å². The fourth-order valence-electron chi connectivity index (χ4n) is 3.72. The zero-order valence-corrected chi connectivity index (χ0v) is 16.6. The molecule has 7 heteroatoms. The SMILES string of the molecule is N#Cc1cc(Cc2ccccc2)ccc1N1CCC(Oc2ccc(C(F)(F)F)cn2)C1. The monoisotopic (exact) mass is 423 g/mol. The summed E-state index contributed by atoms with van der Waals surface area (Å²) >= 11 is 0. The van der Waals surface area contributed by atoms with Crippen LogP contribution in [0.2, 0.25) is 0 Å². The highest BCUT2D eigenvalue weighted by Gasteiger charge is 2.31. The molecule has 0 bridgehead atoms. The number of alkyl halides is 3. The Morgan fingerprint density at radius 2 is 1.87 bits per heavy atom. The van der Waals surface area contributed by atoms with Crippen LogP contribution < -0.4 is 9.64 Å². The van der Waals surface area contributed by atoms with Crippen molar-refractivity contribution in [3.05, 3.63) is 89.1 Å². The summed E-state index contributed by atoms with van der Waals surface area (Å²) in [6.45, 7) is 1.23. The number of rotatable bonds is 5. The van der Waals surface area contributed by atoms with Gasteiger partial charge in [-0.25, -0.2) is 4.98 Å². The largest absolute Gasteiger partial charge is 0.472 e. The summed E-state index contributed by atoms with van der Waals surface area (Å²) in [5.41, 5.74) is 2.87. The van der Waals surface area contributed by atoms with Gasteiger partial charge < -0.3 is 9.64 Å². The van der Waals surface area contributed by atoms with Crippen LogP contribution in [0.4, 0.5) is 18.9 Å². The third kappa shape index (κ3) is 4.97. The van der Waals surface area contributed by atoms with E-state index in [0.29, 0.717) is 25.1 Å². The second-order valence-corrected chi connectivity index (χ2v) is 7.48. The summed E-state index contributed by atoms with van der Waals surface area (Å²) in [7, 11) is 0. The zero-order chi connectivity index (χ0) is 21.8. The summed E-state index contributed by atoms with van der Waals surface area (Å²) in [4.78, 5) is 5.85. The predicted octanol–water partition coefficient (Wildman–Crippen LogP) is 5.22. The molecule has 1 atom stereocenters. The second-order valence-electron chi connectivity index (χ2n) is 7.48. The van der Waals surface area contributed by atoms with E-state index in [-0.39, 0.29) is 12.0 Å². The molecule has 1 aliphatic rings. The van der Waals surface area contributed by atoms with Crippen LogP contribution in [0.3, 0.4) is 0 Å². The molecule has 1 aromatic heterocycles. The molecule has 1 saturated heterocycles. The smallest absolute Gasteiger partial charge is 0.417 e. The minimum Gasteiger partial charge on any atom is -0.472 e. The van der Waals surface area contributed by atoms with Crippen molar-refractivity contribution in [2.75, 3.05) is 18.0 Å². The molecule has 4 nitrogen and oxygen atoms in total. The van der Waals surface area contributed by atoms with Crippen LogP contribution in [0, 0.1) is 11.3 Å². The van der Waals surface area contributed by atoms with Gasteiger partial charge in [-0.2, -0.15) is 18.4 Å². The fourth-order valence-corrected chi connectivity index (χ4v) is 3.72. The summed E-state index contributed by atoms with van der Waals surface area (Å²) < 4.78 is 43.8. The molecule has 158 valence electrons. The molecule has 0 aliphatic carbocycles. The van der Waals surface area contributed by atoms with E-state index < -0.39 is 11.7 Å². The van der Waals surface area contributed by atoms with Gasteiger partial charge >= 0.3 is 6.18 Å². The quantitative estimate of drug-likeness (QED) is 0.565. The standard InChI is InChI=1S/C24H20F3N3O/c25-24(26,27)20-7-9-23(29-15-20)31-21-10-11-30(16-21)22-8-6-18(13-19(22)14-28)12-17-4-2-1-3-5-17/h1-9,13,15,21H,10-12,16H2. The lowest BCUT2D eigenvalue weighted by Crippen LogP contribution is -2.25. The van der Waals surface area contributed by atoms with Gasteiger partial charge in [0.05, 0.1) is 23.4 Å². The first-order valence-electron chi connectivity index (χ1n) is 9.94. The lowest BCUT2D eigenvalue weighted by Gasteiger charge is -2.20. The summed E-state index contributed by atoms with van der Waals surface area (Å²) in [6, 6.07) is 20.4. The van der Waals surface area contributed by atoms with Crippen molar-refractivity contribution in [3.63, 3.8) is 0 Å². The summed E-state index contributed by atoms with van der Waals surface area (Å²) in [5, 5.41) is 9.65. The van der Waals surface area contributed by atoms with Crippen molar-refractivity contribution in [3.8, 4) is 11.9 Å². The van der Waals surface area contributed by atoms with E-state index in [1.54, 1.807) is 0 Å². The highest BCUT2D eigenvalue weighted by Crippen LogP contribution is 2.30. The highest BCUT2D eigenvalue weighted by molar-refractivity contribution is 5.61. The van der Waals surface area contributed by atoms with Gasteiger partial charge in [0.25, 0.3) is 0 Å². The number of aromatic nitrogens is 1. The van der Waals surface area contributed by atoms with Gasteiger partial charge in [-0.1, -0.05) is 36.4 Å². The topological polar surface area (TPSA) is 49.2 Å². The third-order valence-electron chi connectivity index (χ3n) is 5.27. The normalized spacial score (nSPS) is 16.2. The van der Waals surface area contributed by atoms with E-state index in [1.165, 1.54) is 11.6 Å². The molecule has 31 heavy (non-hydrogen) atoms. The average molecular weight is 423 g/mol. The third-order valence-corrected chi connectivity index (χ3v) is 5.27. The van der Waals surface area contributed by atoms with Gasteiger partial charge in [0.1, 0.15) is 12.2 Å². The van der Waals surface area contributed by atoms with Crippen molar-refractivity contribution < 1.29 is 17.9 Å². The lowest BCUT2D eigenvalue weighted by molar-refractivity contribution is -0.137. The Morgan fingerprint density at radius 3 is 2.55 bits per heavy atom. The molecular formula is C24H20F3N3O. The maximum Gasteiger partial charge on any atom is 0.417 e. The zero-order valence-electron chi connectivity index (χ0n) is 16.6. The van der Waals surface area contributed by atoms with E-state index in [0.717, 1.165) is 29.9 Å². The Labute approximate surface area is 178 Å². The molecule has 0 amide bonds. The first kappa shape index (κ1) is 20.7. The Balaban J connectivity index is 1.42. The summed E-state index contributed by atoms with van der Waals surface area (Å²) in [6.07, 6.45) is -2.41. The molecule has 3 aromatic rings. The number of ether oxygens (including phenoxy) is 1. The van der Waals surface area contributed by atoms with Crippen LogP contribution >= 0.6 is 0 Å². The van der Waals surface area contributed by atoms with E-state index >= 15 is 0 Å². The van der Waals surface area contributed by atoms with E-state index in [4.69, 9.17) is 4.74 Å². The molecule has 0 radical (unpaired) electrons. The van der Waals surface area contributed by atoms with Crippen LogP contribution in [0.25, 0.3) is 0 Å². The minimum absolute atomic E-state index is 0.165. The molecule has 1 unspecified atom stereocenters. The van der Waals surface area contributed by atoms with Crippen molar-refractivity contribution >= 4 is 5.69 Å². The lowest BCUT2D eigenvalue weighted by atomic mass is 10.0. The maximum absolute atomic E-state index is 12.7. The Hall–Kier alpha value is -3.53. The summed E-state index contributed by atoms with van der Waals surface area (Å²) in [5.74, 6) is 0.165. The van der Waals surface area contributed by atoms with E-state index in [1.807, 2.05) is 36.4 Å². The number of nitrogens with zero attached hydrogens (tertiary/aromatic N) is 3. The first-order valence-corrected chi connectivity index (χ1v) is 9.94. The van der Waals surface area contributed by atoms with Crippen LogP contribution in [-0.4, -0.2) is 24.2 Å². The van der Waals surface area contributed by atoms with Gasteiger partial charge in [0.2, 0.25) is 5.88 Å². The Bertz CT molecular complexity index is 1080. The molecule has 2 aromatic carbocycles. The second kappa shape index (κ2) is 8.68. The Morgan fingerprint density at radius 1 is 1.06 bits per heavy atom. The van der Waals surface area contributed by atoms with Crippen LogP contribution in [0.5, 0.6) is 5.88 Å². The van der Waals surface area contributed by atoms with Gasteiger partial charge in [0.15, 0.2) is 0 Å². The number of hydrogen-bond acceptors (Lipinski definition) is 4. The van der Waals surface area contributed by atoms with Crippen molar-refractivity contribution in [1.29, 1.82) is 5.26 Å². The number of benzene rings is 2. The van der Waals surface area contributed by atoms with Crippen molar-refractivity contribution in [1.82, 2.24) is 4.98 Å². The Kier molecular flexibility index (Phi) is 5.81. The molecule has 0 saturated carbocycles.